The van der Waals surface area contributed by atoms with Crippen molar-refractivity contribution in [3.8, 4) is 11.5 Å². The minimum Gasteiger partial charge on any atom is -0.475 e. The maximum absolute atomic E-state index is 10.6. The number of carboxylic acids is 2. The predicted molar refractivity (Wildman–Crippen MR) is 133 cm³/mol. The number of rotatable bonds is 5. The smallest absolute Gasteiger partial charge is 0.475 e. The highest BCUT2D eigenvalue weighted by Crippen LogP contribution is 2.35. The van der Waals surface area contributed by atoms with Crippen molar-refractivity contribution in [2.24, 2.45) is 5.41 Å². The summed E-state index contributed by atoms with van der Waals surface area (Å²) in [6.07, 6.45) is -3.23. The highest BCUT2D eigenvalue weighted by molar-refractivity contribution is 5.76. The maximum atomic E-state index is 10.6. The van der Waals surface area contributed by atoms with Crippen molar-refractivity contribution in [2.45, 2.75) is 64.5 Å². The summed E-state index contributed by atoms with van der Waals surface area (Å²) in [5.74, 6) is -3.86. The summed E-state index contributed by atoms with van der Waals surface area (Å²) in [5, 5.41) is 18.0. The van der Waals surface area contributed by atoms with E-state index in [0.717, 1.165) is 29.1 Å². The van der Waals surface area contributed by atoms with Crippen LogP contribution in [0.5, 0.6) is 11.5 Å². The Morgan fingerprint density at radius 2 is 1.55 bits per heavy atom. The van der Waals surface area contributed by atoms with E-state index in [1.165, 1.54) is 31.2 Å². The number of aliphatic carboxylic acids is 2. The van der Waals surface area contributed by atoms with Crippen molar-refractivity contribution < 1.29 is 50.9 Å². The number of carbonyl (C=O) groups is 2. The summed E-state index contributed by atoms with van der Waals surface area (Å²) >= 11 is 0. The van der Waals surface area contributed by atoms with E-state index in [1.807, 2.05) is 30.3 Å². The number of benzene rings is 2. The summed E-state index contributed by atoms with van der Waals surface area (Å²) < 4.78 is 69.4. The Labute approximate surface area is 225 Å². The van der Waals surface area contributed by atoms with Gasteiger partial charge in [0.05, 0.1) is 17.4 Å². The first-order valence-electron chi connectivity index (χ1n) is 12.0. The minimum atomic E-state index is -5.08. The molecular weight excluding hydrogens is 548 g/mol. The Kier molecular flexibility index (Phi) is 10.9. The molecule has 1 heterocycles. The zero-order valence-corrected chi connectivity index (χ0v) is 21.6. The lowest BCUT2D eigenvalue weighted by Crippen LogP contribution is -2.36. The van der Waals surface area contributed by atoms with Crippen LogP contribution in [0, 0.1) is 5.41 Å². The van der Waals surface area contributed by atoms with Gasteiger partial charge in [-0.3, -0.25) is 0 Å². The number of nitrogens with one attached hydrogen (secondary N) is 2. The summed E-state index contributed by atoms with van der Waals surface area (Å²) in [6, 6.07) is 14.9. The van der Waals surface area contributed by atoms with Gasteiger partial charge < -0.3 is 25.3 Å². The number of imidazole rings is 1. The monoisotopic (exact) mass is 577 g/mol. The molecule has 0 bridgehead atoms. The van der Waals surface area contributed by atoms with E-state index in [9.17, 15) is 26.3 Å². The maximum Gasteiger partial charge on any atom is 0.490 e. The van der Waals surface area contributed by atoms with E-state index in [-0.39, 0.29) is 0 Å². The van der Waals surface area contributed by atoms with Crippen LogP contribution >= 0.6 is 0 Å². The Balaban J connectivity index is 0.000000333. The van der Waals surface area contributed by atoms with Crippen LogP contribution in [0.4, 0.5) is 26.3 Å². The van der Waals surface area contributed by atoms with Crippen molar-refractivity contribution >= 4 is 23.0 Å². The molecule has 0 aliphatic heterocycles. The van der Waals surface area contributed by atoms with Gasteiger partial charge in [0.15, 0.2) is 0 Å². The molecule has 1 fully saturated rings. The molecule has 1 aliphatic carbocycles. The average molecular weight is 578 g/mol. The van der Waals surface area contributed by atoms with Crippen LogP contribution in [0.1, 0.15) is 45.1 Å². The second-order valence-electron chi connectivity index (χ2n) is 9.77. The number of aromatic nitrogens is 2. The summed E-state index contributed by atoms with van der Waals surface area (Å²) in [6.45, 7) is 5.68. The molecule has 3 aromatic rings. The average Bonchev–Trinajstić information content (AvgIpc) is 3.31. The molecule has 0 saturated heterocycles. The van der Waals surface area contributed by atoms with Gasteiger partial charge in [0, 0.05) is 18.7 Å². The summed E-state index contributed by atoms with van der Waals surface area (Å²) in [7, 11) is 0. The molecule has 220 valence electrons. The third-order valence-electron chi connectivity index (χ3n) is 5.84. The van der Waals surface area contributed by atoms with Crippen molar-refractivity contribution in [1.82, 2.24) is 15.3 Å². The van der Waals surface area contributed by atoms with E-state index < -0.39 is 24.3 Å². The fourth-order valence-electron chi connectivity index (χ4n) is 3.92. The number of alkyl halides is 6. The number of ether oxygens (including phenoxy) is 1. The van der Waals surface area contributed by atoms with Crippen LogP contribution in [0.3, 0.4) is 0 Å². The number of hydrogen-bond donors (Lipinski definition) is 4. The van der Waals surface area contributed by atoms with Gasteiger partial charge in [0.1, 0.15) is 11.5 Å². The molecule has 4 rings (SSSR count). The molecule has 40 heavy (non-hydrogen) atoms. The molecule has 1 aliphatic rings. The first kappa shape index (κ1) is 32.4. The standard InChI is InChI=1S/C22H27N3O.2C2HF3O2/c1-22(2)11-3-4-17(13-22)23-14-16-5-7-18(8-6-16)26-19-9-10-20-21(12-19)25-15-24-20;2*3-2(4,5)1(6)7/h5-10,12,15,17,23H,3-4,11,13-14H2,1-2H3,(H,24,25);2*(H,6,7)/t17-;;/m0../s1. The number of hydrogen-bond acceptors (Lipinski definition) is 5. The van der Waals surface area contributed by atoms with Crippen LogP contribution in [-0.4, -0.2) is 50.5 Å². The van der Waals surface area contributed by atoms with Gasteiger partial charge in [-0.05, 0) is 54.5 Å². The van der Waals surface area contributed by atoms with Crippen molar-refractivity contribution in [3.05, 3.63) is 54.4 Å². The van der Waals surface area contributed by atoms with E-state index in [1.54, 1.807) is 6.33 Å². The molecule has 1 saturated carbocycles. The number of carboxylic acid groups (broad SMARTS) is 2. The molecule has 0 unspecified atom stereocenters. The van der Waals surface area contributed by atoms with Gasteiger partial charge in [-0.1, -0.05) is 32.4 Å². The van der Waals surface area contributed by atoms with Gasteiger partial charge in [0.25, 0.3) is 0 Å². The SMILES string of the molecule is CC1(C)CCC[C@H](NCc2ccc(Oc3ccc4[nH]cnc4c3)cc2)C1.O=C(O)C(F)(F)F.O=C(O)C(F)(F)F. The molecule has 0 amide bonds. The molecule has 0 radical (unpaired) electrons. The Morgan fingerprint density at radius 3 is 2.08 bits per heavy atom. The third kappa shape index (κ3) is 11.1. The zero-order valence-electron chi connectivity index (χ0n) is 21.6. The number of fused-ring (bicyclic) bond motifs is 1. The predicted octanol–water partition coefficient (Wildman–Crippen LogP) is 6.68. The van der Waals surface area contributed by atoms with Crippen LogP contribution < -0.4 is 10.1 Å². The minimum absolute atomic E-state index is 0.475. The second kappa shape index (κ2) is 13.5. The van der Waals surface area contributed by atoms with Crippen LogP contribution in [-0.2, 0) is 16.1 Å². The van der Waals surface area contributed by atoms with Gasteiger partial charge in [-0.15, -0.1) is 0 Å². The van der Waals surface area contributed by atoms with Gasteiger partial charge in [-0.25, -0.2) is 14.6 Å². The molecule has 2 aromatic carbocycles. The second-order valence-corrected chi connectivity index (χ2v) is 9.77. The van der Waals surface area contributed by atoms with E-state index in [0.29, 0.717) is 11.5 Å². The van der Waals surface area contributed by atoms with Gasteiger partial charge >= 0.3 is 24.3 Å². The van der Waals surface area contributed by atoms with Gasteiger partial charge in [-0.2, -0.15) is 26.3 Å². The lowest BCUT2D eigenvalue weighted by Gasteiger charge is -2.35. The van der Waals surface area contributed by atoms with Crippen molar-refractivity contribution in [3.63, 3.8) is 0 Å². The molecule has 14 heteroatoms. The normalized spacial score (nSPS) is 16.6. The van der Waals surface area contributed by atoms with Gasteiger partial charge in [0.2, 0.25) is 0 Å². The molecule has 8 nitrogen and oxygen atoms in total. The molecule has 1 aromatic heterocycles. The first-order chi connectivity index (χ1) is 18.5. The van der Waals surface area contributed by atoms with E-state index in [4.69, 9.17) is 24.5 Å². The molecule has 0 spiro atoms. The molecular formula is C26H29F6N3O5. The van der Waals surface area contributed by atoms with Crippen LogP contribution in [0.2, 0.25) is 0 Å². The van der Waals surface area contributed by atoms with Crippen molar-refractivity contribution in [2.75, 3.05) is 0 Å². The molecule has 1 atom stereocenters. The number of nitrogens with zero attached hydrogens (tertiary/aromatic N) is 1. The topological polar surface area (TPSA) is 125 Å². The largest absolute Gasteiger partial charge is 0.490 e. The Bertz CT molecular complexity index is 1230. The summed E-state index contributed by atoms with van der Waals surface area (Å²) in [4.78, 5) is 25.2. The van der Waals surface area contributed by atoms with Crippen LogP contribution in [0.15, 0.2) is 48.8 Å². The first-order valence-corrected chi connectivity index (χ1v) is 12.0. The fraction of sp³-hybridized carbons (Fsp3) is 0.423. The Morgan fingerprint density at radius 1 is 1.00 bits per heavy atom. The highest BCUT2D eigenvalue weighted by atomic mass is 19.4. The van der Waals surface area contributed by atoms with Crippen LogP contribution in [0.25, 0.3) is 11.0 Å². The van der Waals surface area contributed by atoms with E-state index in [2.05, 4.69) is 41.3 Å². The summed E-state index contributed by atoms with van der Waals surface area (Å²) in [5.41, 5.74) is 3.70. The van der Waals surface area contributed by atoms with Crippen molar-refractivity contribution in [1.29, 1.82) is 0 Å². The molecule has 4 N–H and O–H groups in total. The fourth-order valence-corrected chi connectivity index (χ4v) is 3.92. The number of aromatic amines is 1. The lowest BCUT2D eigenvalue weighted by molar-refractivity contribution is -0.193. The quantitative estimate of drug-likeness (QED) is 0.249. The highest BCUT2D eigenvalue weighted by Gasteiger charge is 2.38. The zero-order chi connectivity index (χ0) is 30.1. The van der Waals surface area contributed by atoms with E-state index >= 15 is 0 Å². The number of halogens is 6. The lowest BCUT2D eigenvalue weighted by atomic mass is 9.75. The number of H-pyrrole nitrogens is 1. The Hall–Kier alpha value is -3.81. The third-order valence-corrected chi connectivity index (χ3v) is 5.84.